The van der Waals surface area contributed by atoms with Gasteiger partial charge in [-0.2, -0.15) is 13.2 Å². The van der Waals surface area contributed by atoms with Gasteiger partial charge in [-0.3, -0.25) is 0 Å². The number of hydrogen-bond acceptors (Lipinski definition) is 2. The standard InChI is InChI=1S/C15H14F3NO/c16-15(17,18)12-6-8-13(9-7-12)20-14(10-19)11-4-2-1-3-5-11/h1-9,14H,10,19H2/t14-/m0/s1. The fourth-order valence-corrected chi connectivity index (χ4v) is 1.81. The summed E-state index contributed by atoms with van der Waals surface area (Å²) in [6.07, 6.45) is -4.72. The maximum absolute atomic E-state index is 12.5. The van der Waals surface area contributed by atoms with Crippen LogP contribution in [0.4, 0.5) is 13.2 Å². The zero-order chi connectivity index (χ0) is 14.6. The van der Waals surface area contributed by atoms with Crippen LogP contribution >= 0.6 is 0 Å². The first-order chi connectivity index (χ1) is 9.50. The Bertz CT molecular complexity index is 537. The van der Waals surface area contributed by atoms with E-state index in [-0.39, 0.29) is 12.6 Å². The van der Waals surface area contributed by atoms with Gasteiger partial charge in [0.05, 0.1) is 5.56 Å². The average Bonchev–Trinajstić information content (AvgIpc) is 2.45. The van der Waals surface area contributed by atoms with Crippen LogP contribution in [0.2, 0.25) is 0 Å². The summed E-state index contributed by atoms with van der Waals surface area (Å²) < 4.78 is 43.0. The molecule has 5 heteroatoms. The van der Waals surface area contributed by atoms with Crippen molar-refractivity contribution in [3.8, 4) is 5.75 Å². The predicted octanol–water partition coefficient (Wildman–Crippen LogP) is 3.78. The molecule has 2 N–H and O–H groups in total. The predicted molar refractivity (Wildman–Crippen MR) is 70.3 cm³/mol. The van der Waals surface area contributed by atoms with E-state index in [1.807, 2.05) is 30.3 Å². The Morgan fingerprint density at radius 3 is 2.05 bits per heavy atom. The molecule has 2 rings (SSSR count). The van der Waals surface area contributed by atoms with Crippen molar-refractivity contribution in [2.75, 3.05) is 6.54 Å². The van der Waals surface area contributed by atoms with Crippen LogP contribution in [-0.4, -0.2) is 6.54 Å². The van der Waals surface area contributed by atoms with Crippen molar-refractivity contribution in [1.82, 2.24) is 0 Å². The molecule has 1 atom stereocenters. The number of halogens is 3. The number of nitrogens with two attached hydrogens (primary N) is 1. The van der Waals surface area contributed by atoms with Gasteiger partial charge in [0.2, 0.25) is 0 Å². The summed E-state index contributed by atoms with van der Waals surface area (Å²) in [6, 6.07) is 13.9. The van der Waals surface area contributed by atoms with Crippen molar-refractivity contribution in [3.05, 3.63) is 65.7 Å². The highest BCUT2D eigenvalue weighted by atomic mass is 19.4. The first kappa shape index (κ1) is 14.4. The van der Waals surface area contributed by atoms with Gasteiger partial charge in [0.15, 0.2) is 0 Å². The monoisotopic (exact) mass is 281 g/mol. The molecule has 0 saturated heterocycles. The minimum Gasteiger partial charge on any atom is -0.484 e. The second-order valence-electron chi connectivity index (χ2n) is 4.28. The van der Waals surface area contributed by atoms with Crippen LogP contribution in [0.5, 0.6) is 5.75 Å². The van der Waals surface area contributed by atoms with E-state index in [1.165, 1.54) is 12.1 Å². The number of ether oxygens (including phenoxy) is 1. The Labute approximate surface area is 115 Å². The lowest BCUT2D eigenvalue weighted by Crippen LogP contribution is -2.18. The second-order valence-corrected chi connectivity index (χ2v) is 4.28. The van der Waals surface area contributed by atoms with Gasteiger partial charge >= 0.3 is 6.18 Å². The molecule has 106 valence electrons. The normalized spacial score (nSPS) is 13.0. The van der Waals surface area contributed by atoms with Crippen LogP contribution in [0, 0.1) is 0 Å². The van der Waals surface area contributed by atoms with Crippen molar-refractivity contribution >= 4 is 0 Å². The van der Waals surface area contributed by atoms with E-state index in [9.17, 15) is 13.2 Å². The van der Waals surface area contributed by atoms with Crippen molar-refractivity contribution in [2.24, 2.45) is 5.73 Å². The van der Waals surface area contributed by atoms with Gasteiger partial charge in [0.25, 0.3) is 0 Å². The zero-order valence-electron chi connectivity index (χ0n) is 10.6. The average molecular weight is 281 g/mol. The molecule has 0 aliphatic heterocycles. The van der Waals surface area contributed by atoms with E-state index < -0.39 is 11.7 Å². The summed E-state index contributed by atoms with van der Waals surface area (Å²) in [4.78, 5) is 0. The van der Waals surface area contributed by atoms with Crippen molar-refractivity contribution < 1.29 is 17.9 Å². The quantitative estimate of drug-likeness (QED) is 0.925. The van der Waals surface area contributed by atoms with Gasteiger partial charge < -0.3 is 10.5 Å². The maximum Gasteiger partial charge on any atom is 0.416 e. The Kier molecular flexibility index (Phi) is 4.29. The van der Waals surface area contributed by atoms with Gasteiger partial charge in [0, 0.05) is 6.54 Å². The molecule has 0 radical (unpaired) electrons. The van der Waals surface area contributed by atoms with E-state index >= 15 is 0 Å². The Morgan fingerprint density at radius 1 is 0.950 bits per heavy atom. The molecule has 0 amide bonds. The van der Waals surface area contributed by atoms with E-state index in [4.69, 9.17) is 10.5 Å². The number of rotatable bonds is 4. The minimum absolute atomic E-state index is 0.241. The third-order valence-corrected chi connectivity index (χ3v) is 2.85. The lowest BCUT2D eigenvalue weighted by molar-refractivity contribution is -0.137. The highest BCUT2D eigenvalue weighted by Gasteiger charge is 2.30. The van der Waals surface area contributed by atoms with Gasteiger partial charge in [-0.1, -0.05) is 30.3 Å². The van der Waals surface area contributed by atoms with Crippen LogP contribution < -0.4 is 10.5 Å². The van der Waals surface area contributed by atoms with Gasteiger partial charge in [-0.05, 0) is 29.8 Å². The highest BCUT2D eigenvalue weighted by molar-refractivity contribution is 5.30. The van der Waals surface area contributed by atoms with Gasteiger partial charge in [-0.25, -0.2) is 0 Å². The molecule has 2 nitrogen and oxygen atoms in total. The summed E-state index contributed by atoms with van der Waals surface area (Å²) in [5.41, 5.74) is 5.83. The first-order valence-electron chi connectivity index (χ1n) is 6.09. The molecule has 0 aliphatic rings. The molecule has 0 fully saturated rings. The molecular weight excluding hydrogens is 267 g/mol. The van der Waals surface area contributed by atoms with E-state index in [0.29, 0.717) is 5.75 Å². The van der Waals surface area contributed by atoms with Crippen LogP contribution in [0.3, 0.4) is 0 Å². The number of hydrogen-bond donors (Lipinski definition) is 1. The summed E-state index contributed by atoms with van der Waals surface area (Å²) >= 11 is 0. The molecule has 0 bridgehead atoms. The molecule has 2 aromatic rings. The Balaban J connectivity index is 2.13. The third-order valence-electron chi connectivity index (χ3n) is 2.85. The fraction of sp³-hybridized carbons (Fsp3) is 0.200. The first-order valence-corrected chi connectivity index (χ1v) is 6.09. The summed E-state index contributed by atoms with van der Waals surface area (Å²) in [6.45, 7) is 0.241. The lowest BCUT2D eigenvalue weighted by atomic mass is 10.1. The molecule has 0 spiro atoms. The lowest BCUT2D eigenvalue weighted by Gasteiger charge is -2.18. The summed E-state index contributed by atoms with van der Waals surface area (Å²) in [5, 5.41) is 0. The summed E-state index contributed by atoms with van der Waals surface area (Å²) in [7, 11) is 0. The van der Waals surface area contributed by atoms with E-state index in [1.54, 1.807) is 0 Å². The largest absolute Gasteiger partial charge is 0.484 e. The fourth-order valence-electron chi connectivity index (χ4n) is 1.81. The van der Waals surface area contributed by atoms with Crippen LogP contribution in [-0.2, 0) is 6.18 Å². The van der Waals surface area contributed by atoms with Crippen molar-refractivity contribution in [1.29, 1.82) is 0 Å². The highest BCUT2D eigenvalue weighted by Crippen LogP contribution is 2.31. The van der Waals surface area contributed by atoms with Crippen molar-refractivity contribution in [2.45, 2.75) is 12.3 Å². The molecule has 0 saturated carbocycles. The Morgan fingerprint density at radius 2 is 1.55 bits per heavy atom. The number of benzene rings is 2. The smallest absolute Gasteiger partial charge is 0.416 e. The third kappa shape index (κ3) is 3.51. The number of alkyl halides is 3. The molecule has 0 aliphatic carbocycles. The minimum atomic E-state index is -4.34. The second kappa shape index (κ2) is 5.96. The molecule has 0 unspecified atom stereocenters. The topological polar surface area (TPSA) is 35.2 Å². The molecule has 0 aromatic heterocycles. The van der Waals surface area contributed by atoms with Crippen LogP contribution in [0.15, 0.2) is 54.6 Å². The van der Waals surface area contributed by atoms with E-state index in [2.05, 4.69) is 0 Å². The van der Waals surface area contributed by atoms with Crippen LogP contribution in [0.25, 0.3) is 0 Å². The van der Waals surface area contributed by atoms with Crippen molar-refractivity contribution in [3.63, 3.8) is 0 Å². The van der Waals surface area contributed by atoms with E-state index in [0.717, 1.165) is 17.7 Å². The molecular formula is C15H14F3NO. The molecule has 20 heavy (non-hydrogen) atoms. The Hall–Kier alpha value is -2.01. The zero-order valence-corrected chi connectivity index (χ0v) is 10.6. The van der Waals surface area contributed by atoms with Gasteiger partial charge in [0.1, 0.15) is 11.9 Å². The maximum atomic E-state index is 12.5. The SMILES string of the molecule is NC[C@H](Oc1ccc(C(F)(F)F)cc1)c1ccccc1. The summed E-state index contributed by atoms with van der Waals surface area (Å²) in [5.74, 6) is 0.359. The molecule has 2 aromatic carbocycles. The van der Waals surface area contributed by atoms with Gasteiger partial charge in [-0.15, -0.1) is 0 Å². The molecule has 0 heterocycles. The van der Waals surface area contributed by atoms with Crippen LogP contribution in [0.1, 0.15) is 17.2 Å².